The molecule has 0 saturated heterocycles. The molecule has 0 radical (unpaired) electrons. The van der Waals surface area contributed by atoms with Crippen LogP contribution >= 0.6 is 0 Å². The Bertz CT molecular complexity index is 594. The first-order valence-corrected chi connectivity index (χ1v) is 8.78. The van der Waals surface area contributed by atoms with Gasteiger partial charge in [-0.1, -0.05) is 12.1 Å². The van der Waals surface area contributed by atoms with Crippen LogP contribution in [0.15, 0.2) is 24.3 Å². The molecule has 0 unspecified atom stereocenters. The number of ether oxygens (including phenoxy) is 1. The lowest BCUT2D eigenvalue weighted by atomic mass is 9.48. The summed E-state index contributed by atoms with van der Waals surface area (Å²) in [6.07, 6.45) is 8.67. The summed E-state index contributed by atoms with van der Waals surface area (Å²) < 4.78 is 4.70. The highest BCUT2D eigenvalue weighted by Crippen LogP contribution is 2.61. The minimum absolute atomic E-state index is 0.239. The second-order valence-electron chi connectivity index (χ2n) is 8.09. The Morgan fingerprint density at radius 1 is 0.957 bits per heavy atom. The fourth-order valence-corrected chi connectivity index (χ4v) is 5.86. The lowest BCUT2D eigenvalue weighted by Crippen LogP contribution is -2.46. The summed E-state index contributed by atoms with van der Waals surface area (Å²) in [5, 5.41) is 0. The molecule has 5 rings (SSSR count). The van der Waals surface area contributed by atoms with Gasteiger partial charge in [-0.3, -0.25) is 4.79 Å². The SMILES string of the molecule is COC(=O)c1ccc(C(=O)CC23CC4CC(CC(C4)C2)C3)cc1. The van der Waals surface area contributed by atoms with E-state index in [9.17, 15) is 9.59 Å². The van der Waals surface area contributed by atoms with Crippen molar-refractivity contribution in [2.45, 2.75) is 44.9 Å². The number of ketones is 1. The van der Waals surface area contributed by atoms with Crippen molar-refractivity contribution in [3.63, 3.8) is 0 Å². The van der Waals surface area contributed by atoms with Gasteiger partial charge in [-0.05, 0) is 73.8 Å². The largest absolute Gasteiger partial charge is 0.465 e. The Kier molecular flexibility index (Phi) is 3.55. The molecule has 1 aromatic carbocycles. The number of methoxy groups -OCH3 is 1. The van der Waals surface area contributed by atoms with E-state index in [0.717, 1.165) is 23.3 Å². The topological polar surface area (TPSA) is 43.4 Å². The monoisotopic (exact) mass is 312 g/mol. The highest BCUT2D eigenvalue weighted by molar-refractivity contribution is 5.98. The zero-order valence-corrected chi connectivity index (χ0v) is 13.7. The van der Waals surface area contributed by atoms with Crippen molar-refractivity contribution in [3.05, 3.63) is 35.4 Å². The molecular weight excluding hydrogens is 288 g/mol. The average molecular weight is 312 g/mol. The Hall–Kier alpha value is -1.64. The van der Waals surface area contributed by atoms with Gasteiger partial charge < -0.3 is 4.74 Å². The molecule has 0 aromatic heterocycles. The Balaban J connectivity index is 1.48. The van der Waals surface area contributed by atoms with Crippen molar-refractivity contribution >= 4 is 11.8 Å². The van der Waals surface area contributed by atoms with Crippen LogP contribution in [0.2, 0.25) is 0 Å². The van der Waals surface area contributed by atoms with Crippen molar-refractivity contribution in [2.24, 2.45) is 23.2 Å². The van der Waals surface area contributed by atoms with Gasteiger partial charge in [0.1, 0.15) is 0 Å². The van der Waals surface area contributed by atoms with Crippen LogP contribution in [-0.2, 0) is 4.74 Å². The van der Waals surface area contributed by atoms with Gasteiger partial charge in [0.15, 0.2) is 5.78 Å². The van der Waals surface area contributed by atoms with E-state index in [1.165, 1.54) is 45.6 Å². The Morgan fingerprint density at radius 3 is 1.91 bits per heavy atom. The third-order valence-electron chi connectivity index (χ3n) is 6.33. The molecule has 4 aliphatic rings. The molecule has 0 heterocycles. The molecule has 1 aromatic rings. The van der Waals surface area contributed by atoms with E-state index in [1.807, 2.05) is 0 Å². The van der Waals surface area contributed by atoms with Gasteiger partial charge >= 0.3 is 5.97 Å². The van der Waals surface area contributed by atoms with Gasteiger partial charge in [-0.15, -0.1) is 0 Å². The summed E-state index contributed by atoms with van der Waals surface area (Å²) in [5.41, 5.74) is 1.50. The van der Waals surface area contributed by atoms with Crippen LogP contribution in [0.3, 0.4) is 0 Å². The van der Waals surface area contributed by atoms with Gasteiger partial charge in [0.2, 0.25) is 0 Å². The quantitative estimate of drug-likeness (QED) is 0.616. The number of Topliss-reactive ketones (excluding diaryl/α,β-unsaturated/α-hetero) is 1. The van der Waals surface area contributed by atoms with E-state index >= 15 is 0 Å². The summed E-state index contributed by atoms with van der Waals surface area (Å²) in [5.74, 6) is 2.50. The number of benzene rings is 1. The highest BCUT2D eigenvalue weighted by Gasteiger charge is 2.51. The van der Waals surface area contributed by atoms with E-state index in [-0.39, 0.29) is 17.2 Å². The van der Waals surface area contributed by atoms with Crippen molar-refractivity contribution < 1.29 is 14.3 Å². The zero-order valence-electron chi connectivity index (χ0n) is 13.7. The van der Waals surface area contributed by atoms with Crippen LogP contribution < -0.4 is 0 Å². The minimum atomic E-state index is -0.356. The third-order valence-corrected chi connectivity index (χ3v) is 6.33. The Labute approximate surface area is 137 Å². The van der Waals surface area contributed by atoms with Crippen molar-refractivity contribution in [3.8, 4) is 0 Å². The average Bonchev–Trinajstić information content (AvgIpc) is 2.52. The molecule has 4 fully saturated rings. The van der Waals surface area contributed by atoms with E-state index < -0.39 is 0 Å². The maximum Gasteiger partial charge on any atom is 0.337 e. The molecular formula is C20H24O3. The van der Waals surface area contributed by atoms with Crippen LogP contribution in [0, 0.1) is 23.2 Å². The number of hydrogen-bond acceptors (Lipinski definition) is 3. The normalized spacial score (nSPS) is 34.4. The third kappa shape index (κ3) is 2.71. The maximum absolute atomic E-state index is 12.8. The van der Waals surface area contributed by atoms with E-state index in [1.54, 1.807) is 24.3 Å². The van der Waals surface area contributed by atoms with Gasteiger partial charge in [-0.2, -0.15) is 0 Å². The predicted octanol–water partition coefficient (Wildman–Crippen LogP) is 4.26. The Morgan fingerprint density at radius 2 is 1.43 bits per heavy atom. The molecule has 4 saturated carbocycles. The molecule has 4 bridgehead atoms. The molecule has 0 N–H and O–H groups in total. The molecule has 0 amide bonds. The van der Waals surface area contributed by atoms with E-state index in [0.29, 0.717) is 12.0 Å². The molecule has 23 heavy (non-hydrogen) atoms. The molecule has 4 aliphatic carbocycles. The maximum atomic E-state index is 12.8. The van der Waals surface area contributed by atoms with Crippen molar-refractivity contribution in [2.75, 3.05) is 7.11 Å². The summed E-state index contributed by atoms with van der Waals surface area (Å²) in [6.45, 7) is 0. The number of hydrogen-bond donors (Lipinski definition) is 0. The fourth-order valence-electron chi connectivity index (χ4n) is 5.86. The van der Waals surface area contributed by atoms with Crippen LogP contribution in [-0.4, -0.2) is 18.9 Å². The lowest BCUT2D eigenvalue weighted by molar-refractivity contribution is -0.0524. The van der Waals surface area contributed by atoms with E-state index in [4.69, 9.17) is 4.74 Å². The molecule has 122 valence electrons. The first-order chi connectivity index (χ1) is 11.1. The van der Waals surface area contributed by atoms with Crippen molar-refractivity contribution in [1.29, 1.82) is 0 Å². The second kappa shape index (κ2) is 5.47. The summed E-state index contributed by atoms with van der Waals surface area (Å²) in [7, 11) is 1.37. The summed E-state index contributed by atoms with van der Waals surface area (Å²) >= 11 is 0. The fraction of sp³-hybridized carbons (Fsp3) is 0.600. The summed E-state index contributed by atoms with van der Waals surface area (Å²) in [6, 6.07) is 6.93. The van der Waals surface area contributed by atoms with Gasteiger partial charge in [0.25, 0.3) is 0 Å². The van der Waals surface area contributed by atoms with E-state index in [2.05, 4.69) is 0 Å². The molecule has 3 nitrogen and oxygen atoms in total. The van der Waals surface area contributed by atoms with Crippen molar-refractivity contribution in [1.82, 2.24) is 0 Å². The van der Waals surface area contributed by atoms with Gasteiger partial charge in [0.05, 0.1) is 12.7 Å². The predicted molar refractivity (Wildman–Crippen MR) is 87.3 cm³/mol. The number of carbonyl (C=O) groups is 2. The first kappa shape index (κ1) is 14.9. The van der Waals surface area contributed by atoms with Crippen LogP contribution in [0.5, 0.6) is 0 Å². The number of rotatable bonds is 4. The number of carbonyl (C=O) groups excluding carboxylic acids is 2. The molecule has 0 aliphatic heterocycles. The second-order valence-corrected chi connectivity index (χ2v) is 8.09. The summed E-state index contributed by atoms with van der Waals surface area (Å²) in [4.78, 5) is 24.3. The van der Waals surface area contributed by atoms with Gasteiger partial charge in [-0.25, -0.2) is 4.79 Å². The standard InChI is InChI=1S/C20H24O3/c1-23-19(22)17-4-2-16(3-5-17)18(21)12-20-9-13-6-14(10-20)8-15(7-13)11-20/h2-5,13-15H,6-12H2,1H3. The number of esters is 1. The van der Waals surface area contributed by atoms with Crippen LogP contribution in [0.1, 0.15) is 65.7 Å². The molecule has 0 atom stereocenters. The minimum Gasteiger partial charge on any atom is -0.465 e. The molecule has 3 heteroatoms. The first-order valence-electron chi connectivity index (χ1n) is 8.78. The smallest absolute Gasteiger partial charge is 0.337 e. The zero-order chi connectivity index (χ0) is 16.0. The highest BCUT2D eigenvalue weighted by atomic mass is 16.5. The molecule has 0 spiro atoms. The lowest BCUT2D eigenvalue weighted by Gasteiger charge is -2.56. The van der Waals surface area contributed by atoms with Crippen LogP contribution in [0.4, 0.5) is 0 Å². The van der Waals surface area contributed by atoms with Gasteiger partial charge in [0, 0.05) is 12.0 Å². The van der Waals surface area contributed by atoms with Crippen LogP contribution in [0.25, 0.3) is 0 Å².